The van der Waals surface area contributed by atoms with Crippen LogP contribution in [0.25, 0.3) is 0 Å². The Kier molecular flexibility index (Phi) is 10.1. The molecule has 1 amide bonds. The second-order valence-electron chi connectivity index (χ2n) is 11.4. The van der Waals surface area contributed by atoms with E-state index in [-0.39, 0.29) is 68.0 Å². The zero-order valence-electron chi connectivity index (χ0n) is 24.8. The van der Waals surface area contributed by atoms with Crippen molar-refractivity contribution in [3.05, 3.63) is 57.1 Å². The summed E-state index contributed by atoms with van der Waals surface area (Å²) in [4.78, 5) is 14.6. The van der Waals surface area contributed by atoms with E-state index in [1.807, 2.05) is 6.92 Å². The molecular weight excluding hydrogens is 609 g/mol. The molecule has 0 aromatic heterocycles. The Morgan fingerprint density at radius 1 is 1.14 bits per heavy atom. The van der Waals surface area contributed by atoms with Crippen LogP contribution in [0.1, 0.15) is 53.5 Å². The molecule has 13 heteroatoms. The number of piperidine rings is 1. The first-order valence-corrected chi connectivity index (χ1v) is 16.0. The van der Waals surface area contributed by atoms with Crippen molar-refractivity contribution in [1.82, 2.24) is 9.21 Å². The number of ether oxygens (including phenoxy) is 2. The second kappa shape index (κ2) is 12.9. The monoisotopic (exact) mass is 646 g/mol. The van der Waals surface area contributed by atoms with Gasteiger partial charge in [0.15, 0.2) is 0 Å². The van der Waals surface area contributed by atoms with E-state index in [0.29, 0.717) is 23.4 Å². The van der Waals surface area contributed by atoms with Crippen molar-refractivity contribution in [2.45, 2.75) is 63.1 Å². The van der Waals surface area contributed by atoms with Crippen molar-refractivity contribution < 1.29 is 41.0 Å². The molecule has 2 aromatic carbocycles. The number of carbonyl (C=O) groups excluding carboxylic acids is 1. The van der Waals surface area contributed by atoms with Crippen LogP contribution in [0.5, 0.6) is 5.75 Å². The molecule has 2 aliphatic rings. The molecule has 4 rings (SSSR count). The van der Waals surface area contributed by atoms with E-state index < -0.39 is 32.4 Å². The van der Waals surface area contributed by atoms with Crippen molar-refractivity contribution in [2.75, 3.05) is 46.5 Å². The number of hydrogen-bond donors (Lipinski definition) is 1. The number of hydrogen-bond acceptors (Lipinski definition) is 6. The number of benzene rings is 2. The predicted octanol–water partition coefficient (Wildman–Crippen LogP) is 5.22. The lowest BCUT2D eigenvalue weighted by Crippen LogP contribution is -2.46. The lowest BCUT2D eigenvalue weighted by molar-refractivity contribution is -0.140. The molecule has 1 aliphatic heterocycles. The van der Waals surface area contributed by atoms with E-state index >= 15 is 0 Å². The van der Waals surface area contributed by atoms with Crippen molar-refractivity contribution >= 4 is 27.5 Å². The Bertz CT molecular complexity index is 1450. The van der Waals surface area contributed by atoms with Crippen molar-refractivity contribution in [3.8, 4) is 5.75 Å². The summed E-state index contributed by atoms with van der Waals surface area (Å²) in [7, 11) is -2.30. The zero-order chi connectivity index (χ0) is 31.7. The molecular formula is C30H38ClF3N2O6S. The lowest BCUT2D eigenvalue weighted by Gasteiger charge is -2.38. The van der Waals surface area contributed by atoms with Gasteiger partial charge in [0.25, 0.3) is 0 Å². The van der Waals surface area contributed by atoms with Gasteiger partial charge in [0.1, 0.15) is 12.4 Å². The number of halogens is 4. The number of carbonyl (C=O) groups is 1. The molecule has 1 saturated carbocycles. The molecule has 238 valence electrons. The molecule has 0 bridgehead atoms. The summed E-state index contributed by atoms with van der Waals surface area (Å²) in [5, 5.41) is 10.6. The molecule has 2 fully saturated rings. The molecule has 0 unspecified atom stereocenters. The third-order valence-corrected chi connectivity index (χ3v) is 10.9. The summed E-state index contributed by atoms with van der Waals surface area (Å²) in [6, 6.07) is 5.08. The molecule has 1 heterocycles. The highest BCUT2D eigenvalue weighted by molar-refractivity contribution is 7.89. The Morgan fingerprint density at radius 3 is 2.37 bits per heavy atom. The van der Waals surface area contributed by atoms with Gasteiger partial charge >= 0.3 is 6.18 Å². The molecule has 1 aliphatic carbocycles. The summed E-state index contributed by atoms with van der Waals surface area (Å²) in [5.41, 5.74) is -0.470. The normalized spacial score (nSPS) is 17.4. The summed E-state index contributed by atoms with van der Waals surface area (Å²) in [6.45, 7) is 5.76. The fourth-order valence-corrected chi connectivity index (χ4v) is 7.73. The predicted molar refractivity (Wildman–Crippen MR) is 156 cm³/mol. The average Bonchev–Trinajstić information content (AvgIpc) is 3.76. The van der Waals surface area contributed by atoms with Gasteiger partial charge in [-0.15, -0.1) is 0 Å². The van der Waals surface area contributed by atoms with Crippen LogP contribution in [0.15, 0.2) is 29.2 Å². The highest BCUT2D eigenvalue weighted by Gasteiger charge is 2.39. The summed E-state index contributed by atoms with van der Waals surface area (Å²) in [5.74, 6) is 0.569. The van der Waals surface area contributed by atoms with E-state index in [1.54, 1.807) is 27.0 Å². The van der Waals surface area contributed by atoms with Gasteiger partial charge in [-0.3, -0.25) is 4.79 Å². The van der Waals surface area contributed by atoms with Crippen LogP contribution in [0, 0.1) is 26.7 Å². The number of likely N-dealkylation sites (tertiary alicyclic amines) is 1. The number of nitrogens with zero attached hydrogens (tertiary/aromatic N) is 2. The van der Waals surface area contributed by atoms with Gasteiger partial charge < -0.3 is 19.5 Å². The van der Waals surface area contributed by atoms with E-state index in [0.717, 1.165) is 30.5 Å². The van der Waals surface area contributed by atoms with E-state index in [9.17, 15) is 31.5 Å². The largest absolute Gasteiger partial charge is 0.496 e. The van der Waals surface area contributed by atoms with Gasteiger partial charge in [-0.2, -0.15) is 17.5 Å². The van der Waals surface area contributed by atoms with Crippen LogP contribution >= 0.6 is 11.6 Å². The van der Waals surface area contributed by atoms with Gasteiger partial charge in [0.2, 0.25) is 15.9 Å². The summed E-state index contributed by atoms with van der Waals surface area (Å²) >= 11 is 5.72. The standard InChI is InChI=1S/C30H38ClF3N2O6S/c1-19-15-26(41-4)20(2)21(3)28(19)43(39,40)36(17-22-5-6-22)13-14-42-18-27(37)35-11-9-29(38,10-12-35)23-7-8-25(31)24(16-23)30(32,33)34/h7-8,15-16,22,38H,5-6,9-14,17-18H2,1-4H3. The van der Waals surface area contributed by atoms with Crippen LogP contribution < -0.4 is 4.74 Å². The lowest BCUT2D eigenvalue weighted by atomic mass is 9.83. The molecule has 1 N–H and O–H groups in total. The molecule has 2 aromatic rings. The third-order valence-electron chi connectivity index (χ3n) is 8.42. The number of aliphatic hydroxyl groups is 1. The smallest absolute Gasteiger partial charge is 0.417 e. The molecule has 8 nitrogen and oxygen atoms in total. The second-order valence-corrected chi connectivity index (χ2v) is 13.7. The topological polar surface area (TPSA) is 96.4 Å². The average molecular weight is 647 g/mol. The molecule has 0 atom stereocenters. The Labute approximate surface area is 255 Å². The number of methoxy groups -OCH3 is 1. The van der Waals surface area contributed by atoms with Crippen LogP contribution in [-0.2, 0) is 31.3 Å². The number of rotatable bonds is 11. The molecule has 43 heavy (non-hydrogen) atoms. The van der Waals surface area contributed by atoms with Crippen LogP contribution in [0.4, 0.5) is 13.2 Å². The van der Waals surface area contributed by atoms with Crippen LogP contribution in [0.3, 0.4) is 0 Å². The Balaban J connectivity index is 1.34. The van der Waals surface area contributed by atoms with Crippen molar-refractivity contribution in [2.24, 2.45) is 5.92 Å². The van der Waals surface area contributed by atoms with Gasteiger partial charge in [-0.05, 0) is 92.8 Å². The quantitative estimate of drug-likeness (QED) is 0.337. The number of alkyl halides is 3. The van der Waals surface area contributed by atoms with E-state index in [2.05, 4.69) is 0 Å². The fraction of sp³-hybridized carbons (Fsp3) is 0.567. The maximum atomic E-state index is 13.8. The Hall–Kier alpha value is -2.38. The molecule has 1 saturated heterocycles. The van der Waals surface area contributed by atoms with Gasteiger partial charge in [-0.25, -0.2) is 8.42 Å². The molecule has 0 spiro atoms. The minimum atomic E-state index is -4.66. The zero-order valence-corrected chi connectivity index (χ0v) is 26.3. The minimum absolute atomic E-state index is 0.00763. The maximum Gasteiger partial charge on any atom is 0.417 e. The minimum Gasteiger partial charge on any atom is -0.496 e. The third kappa shape index (κ3) is 7.47. The highest BCUT2D eigenvalue weighted by atomic mass is 35.5. The first-order chi connectivity index (χ1) is 20.1. The maximum absolute atomic E-state index is 13.8. The number of amides is 1. The van der Waals surface area contributed by atoms with Crippen molar-refractivity contribution in [1.29, 1.82) is 0 Å². The number of sulfonamides is 1. The SMILES string of the molecule is COc1cc(C)c(S(=O)(=O)N(CCOCC(=O)N2CCC(O)(c3ccc(Cl)c(C(F)(F)F)c3)CC2)CC2CC2)c(C)c1C. The van der Waals surface area contributed by atoms with Crippen LogP contribution in [0.2, 0.25) is 5.02 Å². The van der Waals surface area contributed by atoms with Gasteiger partial charge in [0.05, 0.1) is 34.8 Å². The van der Waals surface area contributed by atoms with Crippen LogP contribution in [-0.4, -0.2) is 75.1 Å². The first-order valence-electron chi connectivity index (χ1n) is 14.2. The van der Waals surface area contributed by atoms with Gasteiger partial charge in [0, 0.05) is 26.2 Å². The van der Waals surface area contributed by atoms with E-state index in [4.69, 9.17) is 21.1 Å². The van der Waals surface area contributed by atoms with E-state index in [1.165, 1.54) is 15.3 Å². The number of aryl methyl sites for hydroxylation is 1. The first kappa shape index (κ1) is 33.5. The summed E-state index contributed by atoms with van der Waals surface area (Å²) in [6.07, 6.45) is -2.65. The summed E-state index contributed by atoms with van der Waals surface area (Å²) < 4.78 is 80.0. The molecule has 0 radical (unpaired) electrons. The highest BCUT2D eigenvalue weighted by Crippen LogP contribution is 2.40. The fourth-order valence-electron chi connectivity index (χ4n) is 5.52. The van der Waals surface area contributed by atoms with Crippen molar-refractivity contribution in [3.63, 3.8) is 0 Å². The Morgan fingerprint density at radius 2 is 1.79 bits per heavy atom. The van der Waals surface area contributed by atoms with Gasteiger partial charge in [-0.1, -0.05) is 17.7 Å².